The van der Waals surface area contributed by atoms with Gasteiger partial charge >= 0.3 is 0 Å². The van der Waals surface area contributed by atoms with Gasteiger partial charge in [-0.25, -0.2) is 19.3 Å². The van der Waals surface area contributed by atoms with Crippen molar-refractivity contribution in [2.24, 2.45) is 0 Å². The molecule has 0 aliphatic heterocycles. The van der Waals surface area contributed by atoms with Crippen LogP contribution in [0.4, 0.5) is 4.39 Å². The Balaban J connectivity index is 1.67. The maximum Gasteiger partial charge on any atom is 0.159 e. The van der Waals surface area contributed by atoms with Crippen molar-refractivity contribution >= 4 is 17.2 Å². The predicted octanol–water partition coefficient (Wildman–Crippen LogP) is 4.38. The summed E-state index contributed by atoms with van der Waals surface area (Å²) in [4.78, 5) is 12.9. The first kappa shape index (κ1) is 20.1. The maximum atomic E-state index is 14.9. The Morgan fingerprint density at radius 2 is 1.90 bits per heavy atom. The summed E-state index contributed by atoms with van der Waals surface area (Å²) in [6.45, 7) is 3.17. The molecule has 1 unspecified atom stereocenters. The van der Waals surface area contributed by atoms with Gasteiger partial charge in [-0.15, -0.1) is 0 Å². The Morgan fingerprint density at radius 3 is 2.58 bits per heavy atom. The zero-order valence-electron chi connectivity index (χ0n) is 16.9. The van der Waals surface area contributed by atoms with Gasteiger partial charge in [-0.1, -0.05) is 29.8 Å². The van der Waals surface area contributed by atoms with Crippen LogP contribution in [0.25, 0.3) is 16.8 Å². The fourth-order valence-electron chi connectivity index (χ4n) is 4.17. The Bertz CT molecular complexity index is 1300. The van der Waals surface area contributed by atoms with Gasteiger partial charge in [0.1, 0.15) is 17.1 Å². The molecule has 0 spiro atoms. The van der Waals surface area contributed by atoms with E-state index in [1.54, 1.807) is 20.0 Å². The number of hydrogen-bond acceptors (Lipinski definition) is 5. The monoisotopic (exact) mass is 438 g/mol. The number of hydrogen-bond donors (Lipinski definition) is 2. The predicted molar refractivity (Wildman–Crippen MR) is 114 cm³/mol. The molecule has 0 fully saturated rings. The lowest BCUT2D eigenvalue weighted by Crippen LogP contribution is -2.19. The van der Waals surface area contributed by atoms with E-state index < -0.39 is 17.5 Å². The van der Waals surface area contributed by atoms with E-state index in [1.807, 2.05) is 28.7 Å². The molecule has 6 nitrogen and oxygen atoms in total. The average molecular weight is 439 g/mol. The summed E-state index contributed by atoms with van der Waals surface area (Å²) in [5.41, 5.74) is 2.23. The van der Waals surface area contributed by atoms with Crippen molar-refractivity contribution in [3.63, 3.8) is 0 Å². The molecular weight excluding hydrogens is 419 g/mol. The number of pyridine rings is 1. The molecule has 2 N–H and O–H groups in total. The number of aromatic nitrogens is 4. The normalized spacial score (nSPS) is 18.5. The molecule has 0 radical (unpaired) electrons. The van der Waals surface area contributed by atoms with Crippen LogP contribution in [0.5, 0.6) is 0 Å². The van der Waals surface area contributed by atoms with E-state index in [0.717, 1.165) is 11.3 Å². The van der Waals surface area contributed by atoms with Crippen molar-refractivity contribution in [1.29, 1.82) is 0 Å². The number of imidazole rings is 1. The molecule has 0 bridgehead atoms. The van der Waals surface area contributed by atoms with Crippen LogP contribution in [0.15, 0.2) is 48.9 Å². The molecule has 1 aromatic carbocycles. The van der Waals surface area contributed by atoms with Crippen LogP contribution >= 0.6 is 11.6 Å². The molecule has 0 amide bonds. The summed E-state index contributed by atoms with van der Waals surface area (Å²) in [7, 11) is 0. The number of rotatable bonds is 3. The molecule has 4 aromatic rings. The Morgan fingerprint density at radius 1 is 1.19 bits per heavy atom. The van der Waals surface area contributed by atoms with Crippen LogP contribution in [0.1, 0.15) is 55.1 Å². The van der Waals surface area contributed by atoms with Crippen LogP contribution in [0.3, 0.4) is 0 Å². The summed E-state index contributed by atoms with van der Waals surface area (Å²) in [5, 5.41) is 21.3. The number of fused-ring (bicyclic) bond motifs is 3. The average Bonchev–Trinajstić information content (AvgIpc) is 3.24. The zero-order chi connectivity index (χ0) is 21.9. The van der Waals surface area contributed by atoms with Crippen LogP contribution in [0.2, 0.25) is 5.02 Å². The SMILES string of the molecule is CC(C)(O)c1ncc(-c2cn3c4c(nc3cc2F)[C@H](O)CC4c2ccccc2Cl)cn1. The lowest BCUT2D eigenvalue weighted by atomic mass is 9.96. The molecule has 3 heterocycles. The van der Waals surface area contributed by atoms with Gasteiger partial charge in [0.25, 0.3) is 0 Å². The first-order chi connectivity index (χ1) is 14.7. The number of halogens is 2. The van der Waals surface area contributed by atoms with E-state index in [-0.39, 0.29) is 11.7 Å². The third-order valence-corrected chi connectivity index (χ3v) is 6.01. The minimum atomic E-state index is -1.19. The largest absolute Gasteiger partial charge is 0.387 e. The standard InChI is InChI=1S/C23H20ClFN4O2/c1-23(2,31)22-26-9-12(10-27-22)15-11-29-19(8-17(15)25)28-20-18(30)7-14(21(20)29)13-5-3-4-6-16(13)24/h3-6,8-11,14,18,30-31H,7H2,1-2H3/t14?,18-/m1/s1. The van der Waals surface area contributed by atoms with Crippen LogP contribution in [0, 0.1) is 5.82 Å². The summed E-state index contributed by atoms with van der Waals surface area (Å²) in [6.07, 6.45) is 4.34. The Labute approximate surface area is 183 Å². The van der Waals surface area contributed by atoms with Crippen molar-refractivity contribution < 1.29 is 14.6 Å². The fraction of sp³-hybridized carbons (Fsp3) is 0.261. The van der Waals surface area contributed by atoms with Gasteiger partial charge in [0.2, 0.25) is 0 Å². The molecule has 8 heteroatoms. The van der Waals surface area contributed by atoms with Crippen LogP contribution < -0.4 is 0 Å². The highest BCUT2D eigenvalue weighted by Gasteiger charge is 2.37. The highest BCUT2D eigenvalue weighted by Crippen LogP contribution is 2.46. The summed E-state index contributed by atoms with van der Waals surface area (Å²) >= 11 is 6.43. The Kier molecular flexibility index (Phi) is 4.58. The van der Waals surface area contributed by atoms with Gasteiger partial charge < -0.3 is 14.6 Å². The van der Waals surface area contributed by atoms with E-state index in [9.17, 15) is 14.6 Å². The third-order valence-electron chi connectivity index (χ3n) is 5.67. The highest BCUT2D eigenvalue weighted by atomic mass is 35.5. The molecular formula is C23H20ClFN4O2. The molecule has 1 aliphatic carbocycles. The molecule has 2 atom stereocenters. The second-order valence-corrected chi connectivity index (χ2v) is 8.73. The molecule has 0 saturated carbocycles. The van der Waals surface area contributed by atoms with E-state index in [4.69, 9.17) is 11.6 Å². The molecule has 1 aliphatic rings. The molecule has 3 aromatic heterocycles. The van der Waals surface area contributed by atoms with Crippen LogP contribution in [-0.4, -0.2) is 29.6 Å². The number of aliphatic hydroxyl groups excluding tert-OH is 1. The zero-order valence-corrected chi connectivity index (χ0v) is 17.7. The summed E-state index contributed by atoms with van der Waals surface area (Å²) < 4.78 is 16.7. The maximum absolute atomic E-state index is 14.9. The number of aliphatic hydroxyl groups is 2. The minimum absolute atomic E-state index is 0.166. The van der Waals surface area contributed by atoms with Gasteiger partial charge in [-0.3, -0.25) is 0 Å². The Hall–Kier alpha value is -2.87. The van der Waals surface area contributed by atoms with E-state index in [1.165, 1.54) is 18.5 Å². The van der Waals surface area contributed by atoms with Crippen molar-refractivity contribution in [2.45, 2.75) is 37.9 Å². The smallest absolute Gasteiger partial charge is 0.159 e. The van der Waals surface area contributed by atoms with Crippen molar-refractivity contribution in [1.82, 2.24) is 19.4 Å². The highest BCUT2D eigenvalue weighted by molar-refractivity contribution is 6.31. The fourth-order valence-corrected chi connectivity index (χ4v) is 4.43. The van der Waals surface area contributed by atoms with Gasteiger partial charge in [-0.05, 0) is 31.9 Å². The topological polar surface area (TPSA) is 83.5 Å². The second kappa shape index (κ2) is 7.09. The van der Waals surface area contributed by atoms with Gasteiger partial charge in [0, 0.05) is 46.7 Å². The van der Waals surface area contributed by atoms with Gasteiger partial charge in [0.15, 0.2) is 5.82 Å². The molecule has 0 saturated heterocycles. The van der Waals surface area contributed by atoms with Crippen molar-refractivity contribution in [3.8, 4) is 11.1 Å². The van der Waals surface area contributed by atoms with E-state index in [2.05, 4.69) is 15.0 Å². The first-order valence-electron chi connectivity index (χ1n) is 9.93. The third kappa shape index (κ3) is 3.29. The van der Waals surface area contributed by atoms with Crippen molar-refractivity contribution in [2.75, 3.05) is 0 Å². The summed E-state index contributed by atoms with van der Waals surface area (Å²) in [6, 6.07) is 8.85. The van der Waals surface area contributed by atoms with Gasteiger partial charge in [-0.2, -0.15) is 0 Å². The van der Waals surface area contributed by atoms with Crippen LogP contribution in [-0.2, 0) is 5.60 Å². The molecule has 31 heavy (non-hydrogen) atoms. The van der Waals surface area contributed by atoms with E-state index >= 15 is 0 Å². The van der Waals surface area contributed by atoms with Gasteiger partial charge in [0.05, 0.1) is 17.5 Å². The lowest BCUT2D eigenvalue weighted by Gasteiger charge is -2.16. The first-order valence-corrected chi connectivity index (χ1v) is 10.3. The number of benzene rings is 1. The lowest BCUT2D eigenvalue weighted by molar-refractivity contribution is 0.0687. The summed E-state index contributed by atoms with van der Waals surface area (Å²) in [5.74, 6) is -0.386. The minimum Gasteiger partial charge on any atom is -0.387 e. The molecule has 158 valence electrons. The van der Waals surface area contributed by atoms with Crippen molar-refractivity contribution in [3.05, 3.63) is 82.5 Å². The van der Waals surface area contributed by atoms with E-state index in [0.29, 0.717) is 33.9 Å². The quantitative estimate of drug-likeness (QED) is 0.496. The second-order valence-electron chi connectivity index (χ2n) is 8.33. The molecule has 5 rings (SSSR count). The number of nitrogens with zero attached hydrogens (tertiary/aromatic N) is 4.